The van der Waals surface area contributed by atoms with E-state index < -0.39 is 43.4 Å². The number of carbonyl (C=O) groups is 2. The molecule has 1 aliphatic carbocycles. The Balaban J connectivity index is 1.03. The van der Waals surface area contributed by atoms with Crippen molar-refractivity contribution >= 4 is 67.2 Å². The Hall–Kier alpha value is -6.17. The van der Waals surface area contributed by atoms with Gasteiger partial charge < -0.3 is 29.8 Å². The third-order valence-electron chi connectivity index (χ3n) is 11.3. The third kappa shape index (κ3) is 9.28. The molecule has 5 aromatic rings. The molecule has 1 unspecified atom stereocenters. The molecule has 1 amide bonds. The first kappa shape index (κ1) is 41.6. The number of amides is 1. The van der Waals surface area contributed by atoms with Crippen molar-refractivity contribution in [3.63, 3.8) is 0 Å². The number of hydrogen-bond acceptors (Lipinski definition) is 12. The molecule has 0 spiro atoms. The van der Waals surface area contributed by atoms with E-state index in [9.17, 15) is 33.2 Å². The molecule has 0 bridgehead atoms. The Morgan fingerprint density at radius 3 is 2.59 bits per heavy atom. The minimum absolute atomic E-state index is 0.0697. The van der Waals surface area contributed by atoms with Crippen molar-refractivity contribution in [2.75, 3.05) is 49.5 Å². The van der Waals surface area contributed by atoms with Crippen LogP contribution in [0.5, 0.6) is 17.2 Å². The van der Waals surface area contributed by atoms with Crippen LogP contribution in [0, 0.1) is 15.5 Å². The molecule has 18 heteroatoms. The van der Waals surface area contributed by atoms with E-state index in [4.69, 9.17) is 21.1 Å². The first-order valence-electron chi connectivity index (χ1n) is 19.8. The smallest absolute Gasteiger partial charge is 0.305 e. The molecule has 318 valence electrons. The zero-order valence-corrected chi connectivity index (χ0v) is 35.0. The van der Waals surface area contributed by atoms with Gasteiger partial charge in [0, 0.05) is 73.2 Å². The van der Waals surface area contributed by atoms with Crippen molar-refractivity contribution in [2.24, 2.45) is 5.41 Å². The van der Waals surface area contributed by atoms with Crippen LogP contribution in [0.4, 0.5) is 17.1 Å². The number of allylic oxidation sites excluding steroid dienone is 1. The lowest BCUT2D eigenvalue weighted by Crippen LogP contribution is -2.47. The van der Waals surface area contributed by atoms with Gasteiger partial charge in [0.1, 0.15) is 23.8 Å². The number of H-pyrrole nitrogens is 1. The molecule has 8 rings (SSSR count). The topological polar surface area (TPSA) is 209 Å². The van der Waals surface area contributed by atoms with Crippen molar-refractivity contribution < 1.29 is 37.5 Å². The molecule has 1 atom stereocenters. The molecular weight excluding hydrogens is 826 g/mol. The summed E-state index contributed by atoms with van der Waals surface area (Å²) in [5.41, 5.74) is 4.72. The highest BCUT2D eigenvalue weighted by molar-refractivity contribution is 7.90. The number of piperazine rings is 1. The maximum atomic E-state index is 13.9. The van der Waals surface area contributed by atoms with Crippen molar-refractivity contribution in [3.05, 3.63) is 111 Å². The number of hydrogen-bond donors (Lipinski definition) is 4. The number of aromatic nitrogens is 2. The van der Waals surface area contributed by atoms with Crippen LogP contribution in [0.2, 0.25) is 5.02 Å². The number of aromatic amines is 1. The first-order valence-corrected chi connectivity index (χ1v) is 21.7. The first-order chi connectivity index (χ1) is 29.1. The van der Waals surface area contributed by atoms with Gasteiger partial charge in [-0.05, 0) is 72.2 Å². The number of nitrogens with one attached hydrogen (secondary N) is 3. The summed E-state index contributed by atoms with van der Waals surface area (Å²) >= 11 is 6.23. The van der Waals surface area contributed by atoms with Gasteiger partial charge >= 0.3 is 5.97 Å². The summed E-state index contributed by atoms with van der Waals surface area (Å²) in [7, 11) is -4.72. The van der Waals surface area contributed by atoms with Gasteiger partial charge in [0.25, 0.3) is 21.6 Å². The maximum absolute atomic E-state index is 13.9. The predicted octanol–water partition coefficient (Wildman–Crippen LogP) is 7.47. The summed E-state index contributed by atoms with van der Waals surface area (Å²) in [6.45, 7) is 8.28. The number of carboxylic acid groups (broad SMARTS) is 1. The summed E-state index contributed by atoms with van der Waals surface area (Å²) in [5, 5.41) is 25.5. The highest BCUT2D eigenvalue weighted by atomic mass is 35.5. The second-order valence-corrected chi connectivity index (χ2v) is 18.4. The number of benzene rings is 3. The number of pyridine rings is 1. The van der Waals surface area contributed by atoms with Gasteiger partial charge in [0.2, 0.25) is 0 Å². The minimum atomic E-state index is -4.72. The number of aliphatic carboxylic acids is 1. The predicted molar refractivity (Wildman–Crippen MR) is 230 cm³/mol. The number of nitro benzene ring substituents is 1. The average Bonchev–Trinajstić information content (AvgIpc) is 3.69. The Morgan fingerprint density at radius 1 is 1.08 bits per heavy atom. The molecule has 3 aliphatic rings. The van der Waals surface area contributed by atoms with Gasteiger partial charge in [-0.25, -0.2) is 18.1 Å². The molecule has 61 heavy (non-hydrogen) atoms. The highest BCUT2D eigenvalue weighted by Gasteiger charge is 2.33. The van der Waals surface area contributed by atoms with Gasteiger partial charge in [0.05, 0.1) is 34.0 Å². The molecule has 2 aromatic heterocycles. The second-order valence-electron chi connectivity index (χ2n) is 16.3. The lowest BCUT2D eigenvalue weighted by molar-refractivity contribution is -0.384. The molecule has 2 aliphatic heterocycles. The fourth-order valence-corrected chi connectivity index (χ4v) is 9.23. The Kier molecular flexibility index (Phi) is 11.4. The van der Waals surface area contributed by atoms with Crippen LogP contribution in [-0.2, 0) is 14.8 Å². The van der Waals surface area contributed by atoms with E-state index in [2.05, 4.69) is 51.1 Å². The van der Waals surface area contributed by atoms with Gasteiger partial charge in [-0.2, -0.15) is 0 Å². The van der Waals surface area contributed by atoms with E-state index in [1.165, 1.54) is 29.0 Å². The van der Waals surface area contributed by atoms with E-state index in [-0.39, 0.29) is 41.2 Å². The molecule has 16 nitrogen and oxygen atoms in total. The molecule has 1 fully saturated rings. The number of nitro groups is 1. The molecule has 4 heterocycles. The fraction of sp³-hybridized carbons (Fsp3) is 0.326. The molecule has 1 saturated heterocycles. The number of sulfonamides is 1. The average molecular weight is 870 g/mol. The summed E-state index contributed by atoms with van der Waals surface area (Å²) < 4.78 is 41.3. The second kappa shape index (κ2) is 16.7. The van der Waals surface area contributed by atoms with Crippen LogP contribution in [0.25, 0.3) is 16.6 Å². The van der Waals surface area contributed by atoms with Crippen LogP contribution in [0.15, 0.2) is 89.6 Å². The number of carbonyl (C=O) groups excluding carboxylic acids is 1. The molecular formula is C43H44ClN7O9S. The fourth-order valence-electron chi connectivity index (χ4n) is 8.11. The number of halogens is 1. The van der Waals surface area contributed by atoms with Gasteiger partial charge in [-0.3, -0.25) is 24.6 Å². The number of carboxylic acids is 1. The lowest BCUT2D eigenvalue weighted by atomic mass is 9.72. The summed E-state index contributed by atoms with van der Waals surface area (Å²) in [4.78, 5) is 47.9. The molecule has 0 saturated carbocycles. The summed E-state index contributed by atoms with van der Waals surface area (Å²) in [6, 6.07) is 17.6. The van der Waals surface area contributed by atoms with E-state index in [1.54, 1.807) is 24.4 Å². The van der Waals surface area contributed by atoms with Crippen molar-refractivity contribution in [2.45, 2.75) is 50.5 Å². The highest BCUT2D eigenvalue weighted by Crippen LogP contribution is 2.44. The van der Waals surface area contributed by atoms with Crippen LogP contribution in [0.1, 0.15) is 55.5 Å². The standard InChI is InChI=1S/C43H44ClN7O9S/c1-43(2)11-9-28(35(22-43)26-3-5-29(44)6-4-26)24-49-13-15-50(16-14-49)31-7-8-34(37(19-31)60-32-17-27-10-12-45-41(27)46-23-32)42(54)48-61(57,58)33-20-36(51(55)56)40-38(21-33)59-25-30(47-40)18-39(52)53/h3-8,10,12,17,19-21,23,30,47H,9,11,13-16,18,22,24-25H2,1-2H3,(H,45,46)(H,48,54)(H,52,53). The molecule has 0 radical (unpaired) electrons. The van der Waals surface area contributed by atoms with E-state index >= 15 is 0 Å². The number of rotatable bonds is 12. The molecule has 4 N–H and O–H groups in total. The molecule has 3 aromatic carbocycles. The van der Waals surface area contributed by atoms with Gasteiger partial charge in [0.15, 0.2) is 11.4 Å². The van der Waals surface area contributed by atoms with Crippen LogP contribution in [0.3, 0.4) is 0 Å². The number of anilines is 2. The number of fused-ring (bicyclic) bond motifs is 2. The van der Waals surface area contributed by atoms with Crippen molar-refractivity contribution in [1.82, 2.24) is 19.6 Å². The SMILES string of the molecule is CC1(C)CCC(CN2CCN(c3ccc(C(=O)NS(=O)(=O)c4cc5c(c([N+](=O)[O-])c4)NC(CC(=O)O)CO5)c(Oc4cnc5[nH]ccc5c4)c3)CC2)=C(c2ccc(Cl)cc2)C1. The largest absolute Gasteiger partial charge is 0.489 e. The normalized spacial score (nSPS) is 17.9. The Bertz CT molecular complexity index is 2680. The Labute approximate surface area is 356 Å². The summed E-state index contributed by atoms with van der Waals surface area (Å²) in [6.07, 6.45) is 5.98. The zero-order chi connectivity index (χ0) is 43.1. The van der Waals surface area contributed by atoms with Crippen molar-refractivity contribution in [1.29, 1.82) is 0 Å². The summed E-state index contributed by atoms with van der Waals surface area (Å²) in [5.74, 6) is -1.98. The van der Waals surface area contributed by atoms with Gasteiger partial charge in [-0.1, -0.05) is 43.2 Å². The zero-order valence-electron chi connectivity index (χ0n) is 33.4. The monoisotopic (exact) mass is 869 g/mol. The van der Waals surface area contributed by atoms with Crippen molar-refractivity contribution in [3.8, 4) is 17.2 Å². The number of ether oxygens (including phenoxy) is 2. The van der Waals surface area contributed by atoms with E-state index in [1.807, 2.05) is 22.9 Å². The minimum Gasteiger partial charge on any atom is -0.489 e. The van der Waals surface area contributed by atoms with Crippen LogP contribution < -0.4 is 24.4 Å². The van der Waals surface area contributed by atoms with E-state index in [0.29, 0.717) is 29.5 Å². The third-order valence-corrected chi connectivity index (χ3v) is 12.9. The van der Waals surface area contributed by atoms with Gasteiger partial charge in [-0.15, -0.1) is 0 Å². The van der Waals surface area contributed by atoms with E-state index in [0.717, 1.165) is 62.1 Å². The quantitative estimate of drug-likeness (QED) is 0.0710. The maximum Gasteiger partial charge on any atom is 0.305 e. The van der Waals surface area contributed by atoms with Crippen LogP contribution >= 0.6 is 11.6 Å². The number of nitrogens with zero attached hydrogens (tertiary/aromatic N) is 4. The van der Waals surface area contributed by atoms with Crippen LogP contribution in [-0.4, -0.2) is 90.6 Å². The Morgan fingerprint density at radius 2 is 1.85 bits per heavy atom. The lowest BCUT2D eigenvalue weighted by Gasteiger charge is -2.39.